The van der Waals surface area contributed by atoms with E-state index in [2.05, 4.69) is 10.1 Å². The molecule has 6 nitrogen and oxygen atoms in total. The molecule has 0 aromatic heterocycles. The number of hydrogen-bond acceptors (Lipinski definition) is 4. The molecule has 0 spiro atoms. The standard InChI is InChI=1S/C11H13F3N2O4S/c12-8-2-1-7(21(15,18)19)5-9(8)16-11(17)3-4-20-6-10(13)14/h1-2,5,10H,3-4,6H2,(H,16,17)(H2,15,18,19). The fraction of sp³-hybridized carbons (Fsp3) is 0.364. The maximum absolute atomic E-state index is 13.4. The van der Waals surface area contributed by atoms with E-state index in [1.165, 1.54) is 0 Å². The summed E-state index contributed by atoms with van der Waals surface area (Å²) in [5.74, 6) is -1.57. The van der Waals surface area contributed by atoms with Crippen molar-refractivity contribution < 1.29 is 31.1 Å². The molecule has 0 fully saturated rings. The van der Waals surface area contributed by atoms with Crippen molar-refractivity contribution in [3.05, 3.63) is 24.0 Å². The Kier molecular flexibility index (Phi) is 6.12. The third-order valence-corrected chi connectivity index (χ3v) is 3.17. The first kappa shape index (κ1) is 17.4. The average molecular weight is 326 g/mol. The Morgan fingerprint density at radius 2 is 2.05 bits per heavy atom. The highest BCUT2D eigenvalue weighted by Gasteiger charge is 2.13. The number of ether oxygens (including phenoxy) is 1. The van der Waals surface area contributed by atoms with Crippen LogP contribution in [0.5, 0.6) is 0 Å². The van der Waals surface area contributed by atoms with Crippen molar-refractivity contribution in [2.75, 3.05) is 18.5 Å². The zero-order valence-electron chi connectivity index (χ0n) is 10.7. The Bertz CT molecular complexity index is 607. The first-order valence-corrected chi connectivity index (χ1v) is 7.23. The van der Waals surface area contributed by atoms with E-state index in [9.17, 15) is 26.4 Å². The van der Waals surface area contributed by atoms with Gasteiger partial charge in [0.05, 0.1) is 23.6 Å². The lowest BCUT2D eigenvalue weighted by Gasteiger charge is -2.08. The van der Waals surface area contributed by atoms with E-state index in [1.807, 2.05) is 0 Å². The molecular formula is C11H13F3N2O4S. The molecule has 21 heavy (non-hydrogen) atoms. The molecule has 3 N–H and O–H groups in total. The summed E-state index contributed by atoms with van der Waals surface area (Å²) in [5, 5.41) is 6.99. The van der Waals surface area contributed by atoms with Crippen LogP contribution in [0.4, 0.5) is 18.9 Å². The van der Waals surface area contributed by atoms with Gasteiger partial charge >= 0.3 is 0 Å². The average Bonchev–Trinajstić information content (AvgIpc) is 2.36. The van der Waals surface area contributed by atoms with Gasteiger partial charge in [-0.2, -0.15) is 0 Å². The number of benzene rings is 1. The number of nitrogens with two attached hydrogens (primary N) is 1. The van der Waals surface area contributed by atoms with E-state index in [-0.39, 0.29) is 23.6 Å². The van der Waals surface area contributed by atoms with E-state index in [0.29, 0.717) is 0 Å². The van der Waals surface area contributed by atoms with Gasteiger partial charge in [-0.3, -0.25) is 4.79 Å². The zero-order chi connectivity index (χ0) is 16.0. The number of carbonyl (C=O) groups is 1. The normalized spacial score (nSPS) is 11.7. The van der Waals surface area contributed by atoms with Crippen LogP contribution < -0.4 is 10.5 Å². The van der Waals surface area contributed by atoms with Crippen LogP contribution in [0.15, 0.2) is 23.1 Å². The van der Waals surface area contributed by atoms with Crippen LogP contribution in [0, 0.1) is 5.82 Å². The van der Waals surface area contributed by atoms with Gasteiger partial charge < -0.3 is 10.1 Å². The number of alkyl halides is 2. The maximum Gasteiger partial charge on any atom is 0.261 e. The van der Waals surface area contributed by atoms with Crippen molar-refractivity contribution in [3.8, 4) is 0 Å². The van der Waals surface area contributed by atoms with Crippen molar-refractivity contribution in [3.63, 3.8) is 0 Å². The first-order chi connectivity index (χ1) is 9.70. The highest BCUT2D eigenvalue weighted by Crippen LogP contribution is 2.18. The molecule has 118 valence electrons. The second-order valence-electron chi connectivity index (χ2n) is 3.95. The predicted molar refractivity (Wildman–Crippen MR) is 67.8 cm³/mol. The number of carbonyl (C=O) groups excluding carboxylic acids is 1. The molecule has 0 aliphatic heterocycles. The molecule has 1 aromatic carbocycles. The number of anilines is 1. The Morgan fingerprint density at radius 3 is 2.62 bits per heavy atom. The smallest absolute Gasteiger partial charge is 0.261 e. The monoisotopic (exact) mass is 326 g/mol. The zero-order valence-corrected chi connectivity index (χ0v) is 11.5. The number of rotatable bonds is 7. The maximum atomic E-state index is 13.4. The highest BCUT2D eigenvalue weighted by atomic mass is 32.2. The van der Waals surface area contributed by atoms with E-state index in [0.717, 1.165) is 18.2 Å². The summed E-state index contributed by atoms with van der Waals surface area (Å²) in [6, 6.07) is 2.65. The molecule has 0 aliphatic rings. The lowest BCUT2D eigenvalue weighted by molar-refractivity contribution is -0.117. The molecule has 1 rings (SSSR count). The predicted octanol–water partition coefficient (Wildman–Crippen LogP) is 1.08. The Labute approximate surface area is 119 Å². The Hall–Kier alpha value is -1.65. The van der Waals surface area contributed by atoms with Gasteiger partial charge in [-0.15, -0.1) is 0 Å². The fourth-order valence-corrected chi connectivity index (χ4v) is 1.87. The lowest BCUT2D eigenvalue weighted by atomic mass is 10.3. The van der Waals surface area contributed by atoms with Crippen molar-refractivity contribution >= 4 is 21.6 Å². The minimum Gasteiger partial charge on any atom is -0.375 e. The van der Waals surface area contributed by atoms with Gasteiger partial charge in [0.1, 0.15) is 12.4 Å². The van der Waals surface area contributed by atoms with Gasteiger partial charge in [0.2, 0.25) is 15.9 Å². The molecule has 0 bridgehead atoms. The second-order valence-corrected chi connectivity index (χ2v) is 5.51. The highest BCUT2D eigenvalue weighted by molar-refractivity contribution is 7.89. The van der Waals surface area contributed by atoms with E-state index >= 15 is 0 Å². The van der Waals surface area contributed by atoms with Crippen molar-refractivity contribution in [2.24, 2.45) is 5.14 Å². The van der Waals surface area contributed by atoms with E-state index in [1.54, 1.807) is 0 Å². The number of primary sulfonamides is 1. The molecule has 10 heteroatoms. The molecule has 0 heterocycles. The molecule has 0 saturated heterocycles. The summed E-state index contributed by atoms with van der Waals surface area (Å²) in [6.07, 6.45) is -2.93. The Morgan fingerprint density at radius 1 is 1.38 bits per heavy atom. The topological polar surface area (TPSA) is 98.5 Å². The van der Waals surface area contributed by atoms with Crippen LogP contribution in [0.3, 0.4) is 0 Å². The largest absolute Gasteiger partial charge is 0.375 e. The number of sulfonamides is 1. The van der Waals surface area contributed by atoms with Crippen molar-refractivity contribution in [2.45, 2.75) is 17.7 Å². The van der Waals surface area contributed by atoms with Gasteiger partial charge in [0.15, 0.2) is 0 Å². The van der Waals surface area contributed by atoms with Crippen LogP contribution in [-0.2, 0) is 19.6 Å². The minimum absolute atomic E-state index is 0.271. The number of nitrogens with one attached hydrogen (secondary N) is 1. The van der Waals surface area contributed by atoms with Crippen molar-refractivity contribution in [1.29, 1.82) is 0 Å². The van der Waals surface area contributed by atoms with Gasteiger partial charge in [-0.05, 0) is 18.2 Å². The van der Waals surface area contributed by atoms with Crippen LogP contribution in [0.25, 0.3) is 0 Å². The minimum atomic E-state index is -4.03. The molecule has 0 aliphatic carbocycles. The fourth-order valence-electron chi connectivity index (χ4n) is 1.33. The van der Waals surface area contributed by atoms with Gasteiger partial charge in [-0.25, -0.2) is 26.7 Å². The summed E-state index contributed by atoms with van der Waals surface area (Å²) in [5.41, 5.74) is -0.375. The summed E-state index contributed by atoms with van der Waals surface area (Å²) in [4.78, 5) is 11.1. The van der Waals surface area contributed by atoms with Crippen molar-refractivity contribution in [1.82, 2.24) is 0 Å². The molecule has 1 aromatic rings. The quantitative estimate of drug-likeness (QED) is 0.733. The van der Waals surface area contributed by atoms with Gasteiger partial charge in [0, 0.05) is 0 Å². The van der Waals surface area contributed by atoms with Gasteiger partial charge in [-0.1, -0.05) is 0 Å². The van der Waals surface area contributed by atoms with Gasteiger partial charge in [0.25, 0.3) is 6.43 Å². The van der Waals surface area contributed by atoms with Crippen LogP contribution in [0.2, 0.25) is 0 Å². The lowest BCUT2D eigenvalue weighted by Crippen LogP contribution is -2.17. The second kappa shape index (κ2) is 7.38. The first-order valence-electron chi connectivity index (χ1n) is 5.68. The van der Waals surface area contributed by atoms with Crippen LogP contribution in [0.1, 0.15) is 6.42 Å². The number of amides is 1. The molecular weight excluding hydrogens is 313 g/mol. The summed E-state index contributed by atoms with van der Waals surface area (Å²) < 4.78 is 63.7. The van der Waals surface area contributed by atoms with E-state index < -0.39 is 34.8 Å². The summed E-state index contributed by atoms with van der Waals surface area (Å²) >= 11 is 0. The number of halogens is 3. The van der Waals surface area contributed by atoms with E-state index in [4.69, 9.17) is 5.14 Å². The van der Waals surface area contributed by atoms with Crippen LogP contribution >= 0.6 is 0 Å². The number of hydrogen-bond donors (Lipinski definition) is 2. The summed E-state index contributed by atoms with van der Waals surface area (Å²) in [7, 11) is -4.03. The third-order valence-electron chi connectivity index (χ3n) is 2.26. The Balaban J connectivity index is 2.64. The van der Waals surface area contributed by atoms with Crippen LogP contribution in [-0.4, -0.2) is 34.0 Å². The molecule has 0 atom stereocenters. The molecule has 0 saturated carbocycles. The third kappa shape index (κ3) is 6.10. The molecule has 0 radical (unpaired) electrons. The summed E-state index contributed by atoms with van der Waals surface area (Å²) in [6.45, 7) is -1.07. The molecule has 0 unspecified atom stereocenters. The molecule has 1 amide bonds. The SMILES string of the molecule is NS(=O)(=O)c1ccc(F)c(NC(=O)CCOCC(F)F)c1.